The number of alkyl halides is 1. The summed E-state index contributed by atoms with van der Waals surface area (Å²) in [6, 6.07) is 1.91. The number of aryl methyl sites for hydroxylation is 1. The highest BCUT2D eigenvalue weighted by Gasteiger charge is 1.86. The normalized spacial score (nSPS) is 8.90. The lowest BCUT2D eigenvalue weighted by atomic mass is 10.5. The predicted octanol–water partition coefficient (Wildman–Crippen LogP) is 1.93. The van der Waals surface area contributed by atoms with Crippen LogP contribution in [0, 0.1) is 0 Å². The van der Waals surface area contributed by atoms with Gasteiger partial charge in [-0.3, -0.25) is 4.68 Å². The fourth-order valence-electron chi connectivity index (χ4n) is 0.654. The summed E-state index contributed by atoms with van der Waals surface area (Å²) in [5.74, 6) is 0.708. The summed E-state index contributed by atoms with van der Waals surface area (Å²) in [6.07, 6.45) is 4.70. The summed E-state index contributed by atoms with van der Waals surface area (Å²) in [4.78, 5) is 0. The van der Waals surface area contributed by atoms with Crippen LogP contribution in [0.5, 0.6) is 0 Å². The Balaban J connectivity index is 0.000000810. The maximum absolute atomic E-state index is 5.48. The third kappa shape index (κ3) is 3.08. The molecule has 0 aromatic carbocycles. The van der Waals surface area contributed by atoms with Gasteiger partial charge in [0.1, 0.15) is 0 Å². The van der Waals surface area contributed by atoms with Gasteiger partial charge in [-0.05, 0) is 12.5 Å². The summed E-state index contributed by atoms with van der Waals surface area (Å²) in [6.45, 7) is 0.927. The summed E-state index contributed by atoms with van der Waals surface area (Å²) < 4.78 is 1.88. The minimum atomic E-state index is 0. The van der Waals surface area contributed by atoms with E-state index in [4.69, 9.17) is 11.6 Å². The topological polar surface area (TPSA) is 17.8 Å². The first-order chi connectivity index (χ1) is 4.43. The molecular formula is C6H10Cl2N2. The highest BCUT2D eigenvalue weighted by molar-refractivity contribution is 6.17. The van der Waals surface area contributed by atoms with Crippen molar-refractivity contribution in [2.75, 3.05) is 5.88 Å². The van der Waals surface area contributed by atoms with E-state index in [1.165, 1.54) is 0 Å². The van der Waals surface area contributed by atoms with Crippen molar-refractivity contribution >= 4 is 24.0 Å². The highest BCUT2D eigenvalue weighted by atomic mass is 35.5. The van der Waals surface area contributed by atoms with E-state index in [0.717, 1.165) is 13.0 Å². The largest absolute Gasteiger partial charge is 0.273 e. The standard InChI is InChI=1S/C6H9ClN2.ClH/c7-3-1-5-9-6-2-4-8-9;/h2,4,6H,1,3,5H2;1H. The first kappa shape index (κ1) is 9.79. The number of nitrogens with zero attached hydrogens (tertiary/aromatic N) is 2. The molecule has 0 fully saturated rings. The Morgan fingerprint density at radius 3 is 2.80 bits per heavy atom. The van der Waals surface area contributed by atoms with E-state index in [0.29, 0.717) is 5.88 Å². The van der Waals surface area contributed by atoms with Crippen molar-refractivity contribution in [2.24, 2.45) is 0 Å². The average molecular weight is 181 g/mol. The summed E-state index contributed by atoms with van der Waals surface area (Å²) >= 11 is 5.48. The first-order valence-corrected chi connectivity index (χ1v) is 3.50. The van der Waals surface area contributed by atoms with Crippen LogP contribution in [-0.2, 0) is 6.54 Å². The maximum atomic E-state index is 5.48. The Hall–Kier alpha value is -0.210. The molecule has 0 saturated carbocycles. The van der Waals surface area contributed by atoms with Gasteiger partial charge in [0.2, 0.25) is 0 Å². The van der Waals surface area contributed by atoms with Crippen LogP contribution in [0.1, 0.15) is 6.42 Å². The lowest BCUT2D eigenvalue weighted by molar-refractivity contribution is 0.605. The molecule has 0 aliphatic heterocycles. The van der Waals surface area contributed by atoms with Crippen LogP contribution in [-0.4, -0.2) is 15.7 Å². The molecule has 1 aromatic rings. The zero-order chi connectivity index (χ0) is 6.53. The molecule has 58 valence electrons. The number of aromatic nitrogens is 2. The molecule has 0 aliphatic rings. The van der Waals surface area contributed by atoms with Crippen LogP contribution in [0.2, 0.25) is 0 Å². The first-order valence-electron chi connectivity index (χ1n) is 2.97. The van der Waals surface area contributed by atoms with E-state index in [1.54, 1.807) is 6.20 Å². The Morgan fingerprint density at radius 2 is 2.30 bits per heavy atom. The number of rotatable bonds is 3. The Kier molecular flexibility index (Phi) is 5.45. The fourth-order valence-corrected chi connectivity index (χ4v) is 0.774. The minimum Gasteiger partial charge on any atom is -0.273 e. The van der Waals surface area contributed by atoms with Gasteiger partial charge in [0.15, 0.2) is 0 Å². The molecule has 10 heavy (non-hydrogen) atoms. The van der Waals surface area contributed by atoms with Gasteiger partial charge < -0.3 is 0 Å². The smallest absolute Gasteiger partial charge is 0.0489 e. The van der Waals surface area contributed by atoms with Crippen molar-refractivity contribution < 1.29 is 0 Å². The van der Waals surface area contributed by atoms with Crippen LogP contribution in [0.15, 0.2) is 18.5 Å². The number of halogens is 2. The van der Waals surface area contributed by atoms with Gasteiger partial charge >= 0.3 is 0 Å². The molecule has 0 amide bonds. The predicted molar refractivity (Wildman–Crippen MR) is 44.8 cm³/mol. The van der Waals surface area contributed by atoms with Crippen LogP contribution >= 0.6 is 24.0 Å². The van der Waals surface area contributed by atoms with Crippen LogP contribution in [0.4, 0.5) is 0 Å². The molecule has 0 aliphatic carbocycles. The molecule has 0 bridgehead atoms. The number of hydrogen-bond donors (Lipinski definition) is 0. The van der Waals surface area contributed by atoms with Gasteiger partial charge in [-0.25, -0.2) is 0 Å². The second kappa shape index (κ2) is 5.57. The van der Waals surface area contributed by atoms with Crippen molar-refractivity contribution in [2.45, 2.75) is 13.0 Å². The minimum absolute atomic E-state index is 0. The molecular weight excluding hydrogens is 171 g/mol. The van der Waals surface area contributed by atoms with Crippen molar-refractivity contribution in [3.63, 3.8) is 0 Å². The molecule has 1 aromatic heterocycles. The van der Waals surface area contributed by atoms with Crippen molar-refractivity contribution in [1.29, 1.82) is 0 Å². The van der Waals surface area contributed by atoms with Crippen molar-refractivity contribution in [1.82, 2.24) is 9.78 Å². The van der Waals surface area contributed by atoms with Crippen LogP contribution in [0.25, 0.3) is 0 Å². The molecule has 0 N–H and O–H groups in total. The van der Waals surface area contributed by atoms with E-state index >= 15 is 0 Å². The van der Waals surface area contributed by atoms with E-state index in [-0.39, 0.29) is 12.4 Å². The highest BCUT2D eigenvalue weighted by Crippen LogP contribution is 1.90. The zero-order valence-electron chi connectivity index (χ0n) is 5.53. The third-order valence-electron chi connectivity index (χ3n) is 1.08. The van der Waals surface area contributed by atoms with Crippen LogP contribution in [0.3, 0.4) is 0 Å². The zero-order valence-corrected chi connectivity index (χ0v) is 7.11. The van der Waals surface area contributed by atoms with E-state index < -0.39 is 0 Å². The van der Waals surface area contributed by atoms with Gasteiger partial charge in [0, 0.05) is 24.8 Å². The van der Waals surface area contributed by atoms with Crippen molar-refractivity contribution in [3.8, 4) is 0 Å². The second-order valence-corrected chi connectivity index (χ2v) is 2.19. The van der Waals surface area contributed by atoms with Gasteiger partial charge in [-0.2, -0.15) is 5.10 Å². The summed E-state index contributed by atoms with van der Waals surface area (Å²) in [7, 11) is 0. The summed E-state index contributed by atoms with van der Waals surface area (Å²) in [5, 5.41) is 4.01. The Morgan fingerprint density at radius 1 is 1.50 bits per heavy atom. The molecule has 0 unspecified atom stereocenters. The summed E-state index contributed by atoms with van der Waals surface area (Å²) in [5.41, 5.74) is 0. The maximum Gasteiger partial charge on any atom is 0.0489 e. The number of hydrogen-bond acceptors (Lipinski definition) is 1. The van der Waals surface area contributed by atoms with Gasteiger partial charge in [0.25, 0.3) is 0 Å². The van der Waals surface area contributed by atoms with Gasteiger partial charge in [0.05, 0.1) is 0 Å². The molecule has 1 rings (SSSR count). The quantitative estimate of drug-likeness (QED) is 0.651. The lowest BCUT2D eigenvalue weighted by Crippen LogP contribution is -1.97. The Labute approximate surface area is 71.6 Å². The fraction of sp³-hybridized carbons (Fsp3) is 0.500. The molecule has 0 atom stereocenters. The van der Waals surface area contributed by atoms with E-state index in [9.17, 15) is 0 Å². The van der Waals surface area contributed by atoms with Gasteiger partial charge in [-0.1, -0.05) is 0 Å². The van der Waals surface area contributed by atoms with E-state index in [1.807, 2.05) is 16.9 Å². The molecule has 0 radical (unpaired) electrons. The lowest BCUT2D eigenvalue weighted by Gasteiger charge is -1.95. The second-order valence-electron chi connectivity index (χ2n) is 1.81. The monoisotopic (exact) mass is 180 g/mol. The van der Waals surface area contributed by atoms with E-state index in [2.05, 4.69) is 5.10 Å². The Bertz CT molecular complexity index is 151. The molecule has 2 nitrogen and oxygen atoms in total. The average Bonchev–Trinajstić information content (AvgIpc) is 2.34. The molecule has 0 saturated heterocycles. The van der Waals surface area contributed by atoms with Crippen LogP contribution < -0.4 is 0 Å². The molecule has 1 heterocycles. The molecule has 4 heteroatoms. The SMILES string of the molecule is Cl.ClCCCn1cccn1. The molecule has 0 spiro atoms. The van der Waals surface area contributed by atoms with Crippen molar-refractivity contribution in [3.05, 3.63) is 18.5 Å². The van der Waals surface area contributed by atoms with Gasteiger partial charge in [-0.15, -0.1) is 24.0 Å². The third-order valence-corrected chi connectivity index (χ3v) is 1.35.